The Bertz CT molecular complexity index is 368. The van der Waals surface area contributed by atoms with Gasteiger partial charge in [-0.1, -0.05) is 22.9 Å². The summed E-state index contributed by atoms with van der Waals surface area (Å²) in [5.41, 5.74) is 0.670. The third kappa shape index (κ3) is 2.09. The number of nitrogens with one attached hydrogen (secondary N) is 1. The molecule has 0 bridgehead atoms. The highest BCUT2D eigenvalue weighted by atomic mass is 79.9. The van der Waals surface area contributed by atoms with Crippen LogP contribution in [0.2, 0.25) is 0 Å². The van der Waals surface area contributed by atoms with E-state index in [9.17, 15) is 4.79 Å². The van der Waals surface area contributed by atoms with Gasteiger partial charge in [0.15, 0.2) is 0 Å². The number of rotatable bonds is 4. The summed E-state index contributed by atoms with van der Waals surface area (Å²) in [4.78, 5) is 11.9. The first-order chi connectivity index (χ1) is 7.21. The Morgan fingerprint density at radius 1 is 1.67 bits per heavy atom. The van der Waals surface area contributed by atoms with Gasteiger partial charge in [-0.3, -0.25) is 4.79 Å². The zero-order valence-electron chi connectivity index (χ0n) is 8.68. The maximum absolute atomic E-state index is 11.9. The molecule has 2 rings (SSSR count). The number of amides is 1. The van der Waals surface area contributed by atoms with Crippen molar-refractivity contribution in [1.29, 1.82) is 0 Å². The van der Waals surface area contributed by atoms with Crippen LogP contribution in [0.15, 0.2) is 16.7 Å². The minimum absolute atomic E-state index is 0.000630. The molecule has 1 aliphatic carbocycles. The maximum atomic E-state index is 11.9. The Balaban J connectivity index is 2.08. The molecule has 82 valence electrons. The lowest BCUT2D eigenvalue weighted by Gasteiger charge is -2.13. The summed E-state index contributed by atoms with van der Waals surface area (Å²) in [6.45, 7) is 1.98. The highest BCUT2D eigenvalue weighted by molar-refractivity contribution is 9.09. The first-order valence-corrected chi connectivity index (χ1v) is 6.28. The summed E-state index contributed by atoms with van der Waals surface area (Å²) in [5.74, 6) is 0.746. The molecule has 1 amide bonds. The van der Waals surface area contributed by atoms with Gasteiger partial charge in [-0.25, -0.2) is 0 Å². The van der Waals surface area contributed by atoms with Gasteiger partial charge >= 0.3 is 0 Å². The smallest absolute Gasteiger partial charge is 0.255 e. The van der Waals surface area contributed by atoms with Crippen molar-refractivity contribution >= 4 is 21.8 Å². The van der Waals surface area contributed by atoms with E-state index < -0.39 is 0 Å². The van der Waals surface area contributed by atoms with Crippen molar-refractivity contribution in [2.45, 2.75) is 31.7 Å². The number of carbonyl (C=O) groups is 1. The van der Waals surface area contributed by atoms with Crippen molar-refractivity contribution in [3.8, 4) is 0 Å². The van der Waals surface area contributed by atoms with Crippen LogP contribution >= 0.6 is 15.9 Å². The van der Waals surface area contributed by atoms with Gasteiger partial charge in [0.2, 0.25) is 0 Å². The predicted molar refractivity (Wildman–Crippen MR) is 61.3 cm³/mol. The zero-order chi connectivity index (χ0) is 10.9. The van der Waals surface area contributed by atoms with Crippen molar-refractivity contribution in [3.63, 3.8) is 0 Å². The van der Waals surface area contributed by atoms with Gasteiger partial charge in [-0.2, -0.15) is 0 Å². The number of carbonyl (C=O) groups excluding carboxylic acids is 1. The van der Waals surface area contributed by atoms with Crippen molar-refractivity contribution in [1.82, 2.24) is 5.32 Å². The van der Waals surface area contributed by atoms with Crippen LogP contribution in [0.4, 0.5) is 0 Å². The fraction of sp³-hybridized carbons (Fsp3) is 0.545. The van der Waals surface area contributed by atoms with E-state index in [0.29, 0.717) is 5.56 Å². The molecule has 0 atom stereocenters. The normalized spacial score (nSPS) is 17.5. The van der Waals surface area contributed by atoms with Crippen molar-refractivity contribution in [3.05, 3.63) is 23.7 Å². The second-order valence-electron chi connectivity index (χ2n) is 3.98. The number of hydrogen-bond acceptors (Lipinski definition) is 2. The third-order valence-electron chi connectivity index (χ3n) is 2.80. The standard InChI is InChI=1S/C11H14BrNO2/c1-2-9-8(3-6-15-9)10(14)13-11(7-12)4-5-11/h3,6H,2,4-5,7H2,1H3,(H,13,14). The number of furan rings is 1. The Morgan fingerprint density at radius 3 is 2.93 bits per heavy atom. The van der Waals surface area contributed by atoms with E-state index in [2.05, 4.69) is 21.2 Å². The molecule has 0 aromatic carbocycles. The molecular weight excluding hydrogens is 258 g/mol. The quantitative estimate of drug-likeness (QED) is 0.856. The first kappa shape index (κ1) is 10.7. The summed E-state index contributed by atoms with van der Waals surface area (Å²) in [6, 6.07) is 1.73. The molecule has 1 aromatic rings. The van der Waals surface area contributed by atoms with E-state index in [1.807, 2.05) is 6.92 Å². The first-order valence-electron chi connectivity index (χ1n) is 5.15. The molecule has 1 saturated carbocycles. The second-order valence-corrected chi connectivity index (χ2v) is 4.54. The van der Waals surface area contributed by atoms with E-state index in [4.69, 9.17) is 4.42 Å². The average Bonchev–Trinajstić information content (AvgIpc) is 2.85. The SMILES string of the molecule is CCc1occc1C(=O)NC1(CBr)CC1. The van der Waals surface area contributed by atoms with Crippen LogP contribution < -0.4 is 5.32 Å². The fourth-order valence-corrected chi connectivity index (χ4v) is 2.27. The summed E-state index contributed by atoms with van der Waals surface area (Å²) in [5, 5.41) is 3.87. The van der Waals surface area contributed by atoms with Crippen molar-refractivity contribution < 1.29 is 9.21 Å². The summed E-state index contributed by atoms with van der Waals surface area (Å²) >= 11 is 3.42. The molecular formula is C11H14BrNO2. The van der Waals surface area contributed by atoms with Gasteiger partial charge in [0.05, 0.1) is 17.4 Å². The lowest BCUT2D eigenvalue weighted by molar-refractivity contribution is 0.0934. The Morgan fingerprint density at radius 2 is 2.40 bits per heavy atom. The van der Waals surface area contributed by atoms with Gasteiger partial charge in [0.1, 0.15) is 5.76 Å². The Labute approximate surface area is 97.4 Å². The van der Waals surface area contributed by atoms with E-state index in [-0.39, 0.29) is 11.4 Å². The molecule has 1 aliphatic rings. The zero-order valence-corrected chi connectivity index (χ0v) is 10.3. The highest BCUT2D eigenvalue weighted by Gasteiger charge is 2.43. The van der Waals surface area contributed by atoms with Crippen molar-refractivity contribution in [2.75, 3.05) is 5.33 Å². The molecule has 0 radical (unpaired) electrons. The van der Waals surface area contributed by atoms with Gasteiger partial charge in [-0.15, -0.1) is 0 Å². The number of halogens is 1. The molecule has 0 saturated heterocycles. The van der Waals surface area contributed by atoms with Gasteiger partial charge in [0, 0.05) is 11.8 Å². The molecule has 0 spiro atoms. The van der Waals surface area contributed by atoms with Gasteiger partial charge in [0.25, 0.3) is 5.91 Å². The van der Waals surface area contributed by atoms with E-state index in [0.717, 1.165) is 30.4 Å². The highest BCUT2D eigenvalue weighted by Crippen LogP contribution is 2.37. The number of alkyl halides is 1. The molecule has 0 aliphatic heterocycles. The topological polar surface area (TPSA) is 42.2 Å². The Kier molecular flexibility index (Phi) is 2.87. The predicted octanol–water partition coefficient (Wildman–Crippen LogP) is 2.50. The van der Waals surface area contributed by atoms with E-state index >= 15 is 0 Å². The van der Waals surface area contributed by atoms with E-state index in [1.54, 1.807) is 12.3 Å². The minimum atomic E-state index is -0.0162. The molecule has 4 heteroatoms. The monoisotopic (exact) mass is 271 g/mol. The van der Waals surface area contributed by atoms with Crippen LogP contribution in [0.3, 0.4) is 0 Å². The molecule has 3 nitrogen and oxygen atoms in total. The summed E-state index contributed by atoms with van der Waals surface area (Å²) in [6.07, 6.45) is 4.44. The van der Waals surface area contributed by atoms with Crippen LogP contribution in [-0.2, 0) is 6.42 Å². The molecule has 1 N–H and O–H groups in total. The molecule has 15 heavy (non-hydrogen) atoms. The summed E-state index contributed by atoms with van der Waals surface area (Å²) in [7, 11) is 0. The van der Waals surface area contributed by atoms with Gasteiger partial charge < -0.3 is 9.73 Å². The number of hydrogen-bond donors (Lipinski definition) is 1. The largest absolute Gasteiger partial charge is 0.469 e. The number of aryl methyl sites for hydroxylation is 1. The fourth-order valence-electron chi connectivity index (χ4n) is 1.57. The van der Waals surface area contributed by atoms with Crippen LogP contribution in [-0.4, -0.2) is 16.8 Å². The van der Waals surface area contributed by atoms with Gasteiger partial charge in [-0.05, 0) is 18.9 Å². The second kappa shape index (κ2) is 4.00. The lowest BCUT2D eigenvalue weighted by atomic mass is 10.2. The average molecular weight is 272 g/mol. The summed E-state index contributed by atoms with van der Waals surface area (Å²) < 4.78 is 5.23. The minimum Gasteiger partial charge on any atom is -0.469 e. The molecule has 1 aromatic heterocycles. The molecule has 1 fully saturated rings. The van der Waals surface area contributed by atoms with Crippen LogP contribution in [0.25, 0.3) is 0 Å². The maximum Gasteiger partial charge on any atom is 0.255 e. The van der Waals surface area contributed by atoms with Crippen molar-refractivity contribution in [2.24, 2.45) is 0 Å². The van der Waals surface area contributed by atoms with E-state index in [1.165, 1.54) is 0 Å². The molecule has 0 unspecified atom stereocenters. The lowest BCUT2D eigenvalue weighted by Crippen LogP contribution is -2.38. The Hall–Kier alpha value is -0.770. The van der Waals surface area contributed by atoms with Crippen LogP contribution in [0.5, 0.6) is 0 Å². The third-order valence-corrected chi connectivity index (χ3v) is 3.87. The van der Waals surface area contributed by atoms with Crippen LogP contribution in [0.1, 0.15) is 35.9 Å². The van der Waals surface area contributed by atoms with Crippen LogP contribution in [0, 0.1) is 0 Å². The molecule has 1 heterocycles.